The van der Waals surface area contributed by atoms with Crippen LogP contribution in [-0.4, -0.2) is 65.6 Å². The maximum absolute atomic E-state index is 12.8. The SMILES string of the molecule is N=C1N=CC(C(=O)N2CCN(Cc3ccccc3)CC2)=C/C1=C(/S)C(=O)C(N)=O. The highest BCUT2D eigenvalue weighted by atomic mass is 32.1. The average molecular weight is 411 g/mol. The van der Waals surface area contributed by atoms with E-state index in [1.807, 2.05) is 18.2 Å². The molecule has 0 radical (unpaired) electrons. The van der Waals surface area contributed by atoms with Crippen molar-refractivity contribution in [1.82, 2.24) is 9.80 Å². The van der Waals surface area contributed by atoms with Crippen LogP contribution < -0.4 is 5.73 Å². The summed E-state index contributed by atoms with van der Waals surface area (Å²) in [6, 6.07) is 10.1. The molecular formula is C20H21N5O3S. The number of piperazine rings is 1. The van der Waals surface area contributed by atoms with Crippen molar-refractivity contribution in [3.8, 4) is 0 Å². The van der Waals surface area contributed by atoms with Gasteiger partial charge in [-0.2, -0.15) is 0 Å². The van der Waals surface area contributed by atoms with Gasteiger partial charge in [0.15, 0.2) is 5.84 Å². The normalized spacial score (nSPS) is 19.0. The molecule has 2 aliphatic rings. The predicted octanol–water partition coefficient (Wildman–Crippen LogP) is 0.557. The number of carbonyl (C=O) groups is 3. The van der Waals surface area contributed by atoms with E-state index < -0.39 is 11.7 Å². The molecule has 0 saturated carbocycles. The van der Waals surface area contributed by atoms with Crippen LogP contribution in [0, 0.1) is 5.41 Å². The summed E-state index contributed by atoms with van der Waals surface area (Å²) in [4.78, 5) is 43.3. The van der Waals surface area contributed by atoms with Gasteiger partial charge in [-0.1, -0.05) is 30.3 Å². The third-order valence-corrected chi connectivity index (χ3v) is 5.18. The number of amidine groups is 1. The summed E-state index contributed by atoms with van der Waals surface area (Å²) in [5.74, 6) is -2.71. The summed E-state index contributed by atoms with van der Waals surface area (Å²) in [5.41, 5.74) is 6.45. The number of ketones is 1. The van der Waals surface area contributed by atoms with Gasteiger partial charge < -0.3 is 10.6 Å². The second kappa shape index (κ2) is 8.97. The van der Waals surface area contributed by atoms with Crippen LogP contribution in [-0.2, 0) is 20.9 Å². The van der Waals surface area contributed by atoms with Crippen LogP contribution in [0.4, 0.5) is 0 Å². The van der Waals surface area contributed by atoms with Gasteiger partial charge in [-0.25, -0.2) is 4.99 Å². The zero-order chi connectivity index (χ0) is 21.0. The molecule has 1 aromatic rings. The molecule has 150 valence electrons. The van der Waals surface area contributed by atoms with Gasteiger partial charge in [-0.05, 0) is 11.6 Å². The highest BCUT2D eigenvalue weighted by Gasteiger charge is 2.26. The summed E-state index contributed by atoms with van der Waals surface area (Å²) >= 11 is 4.00. The smallest absolute Gasteiger partial charge is 0.290 e. The topological polar surface area (TPSA) is 120 Å². The van der Waals surface area contributed by atoms with Gasteiger partial charge >= 0.3 is 0 Å². The Kier molecular flexibility index (Phi) is 6.40. The van der Waals surface area contributed by atoms with Crippen LogP contribution in [0.15, 0.2) is 57.5 Å². The molecule has 29 heavy (non-hydrogen) atoms. The van der Waals surface area contributed by atoms with Crippen molar-refractivity contribution in [3.05, 3.63) is 58.0 Å². The minimum atomic E-state index is -1.18. The number of nitrogens with one attached hydrogen (secondary N) is 1. The molecule has 3 rings (SSSR count). The number of hydrogen-bond acceptors (Lipinski definition) is 6. The molecule has 0 unspecified atom stereocenters. The molecular weight excluding hydrogens is 390 g/mol. The number of rotatable bonds is 5. The number of benzene rings is 1. The number of carbonyl (C=O) groups excluding carboxylic acids is 3. The quantitative estimate of drug-likeness (QED) is 0.372. The van der Waals surface area contributed by atoms with Gasteiger partial charge in [0.25, 0.3) is 17.6 Å². The molecule has 3 N–H and O–H groups in total. The molecule has 8 nitrogen and oxygen atoms in total. The Morgan fingerprint density at radius 1 is 1.10 bits per heavy atom. The van der Waals surface area contributed by atoms with Crippen LogP contribution in [0.2, 0.25) is 0 Å². The van der Waals surface area contributed by atoms with Crippen LogP contribution in [0.5, 0.6) is 0 Å². The molecule has 1 saturated heterocycles. The fraction of sp³-hybridized carbons (Fsp3) is 0.250. The van der Waals surface area contributed by atoms with Crippen LogP contribution in [0.25, 0.3) is 0 Å². The van der Waals surface area contributed by atoms with E-state index in [0.717, 1.165) is 19.6 Å². The predicted molar refractivity (Wildman–Crippen MR) is 113 cm³/mol. The van der Waals surface area contributed by atoms with Gasteiger partial charge in [0, 0.05) is 44.5 Å². The lowest BCUT2D eigenvalue weighted by atomic mass is 10.0. The van der Waals surface area contributed by atoms with Gasteiger partial charge in [0.1, 0.15) is 0 Å². The lowest BCUT2D eigenvalue weighted by Crippen LogP contribution is -2.49. The number of nitrogens with two attached hydrogens (primary N) is 1. The first-order chi connectivity index (χ1) is 13.9. The second-order valence-electron chi connectivity index (χ2n) is 6.72. The summed E-state index contributed by atoms with van der Waals surface area (Å²) < 4.78 is 0. The molecule has 0 atom stereocenters. The largest absolute Gasteiger partial charge is 0.363 e. The van der Waals surface area contributed by atoms with Crippen molar-refractivity contribution in [2.75, 3.05) is 26.2 Å². The molecule has 0 spiro atoms. The van der Waals surface area contributed by atoms with Crippen molar-refractivity contribution in [1.29, 1.82) is 5.41 Å². The third-order valence-electron chi connectivity index (χ3n) is 4.74. The van der Waals surface area contributed by atoms with Gasteiger partial charge in [0.05, 0.1) is 10.5 Å². The van der Waals surface area contributed by atoms with Gasteiger partial charge in [0.2, 0.25) is 0 Å². The number of amides is 2. The Bertz CT molecular complexity index is 944. The molecule has 2 amide bonds. The number of dihydropyridines is 1. The Hall–Kier alpha value is -3.04. The molecule has 0 bridgehead atoms. The number of nitrogens with zero attached hydrogens (tertiary/aromatic N) is 3. The first-order valence-electron chi connectivity index (χ1n) is 9.04. The fourth-order valence-electron chi connectivity index (χ4n) is 3.13. The number of thiol groups is 1. The van der Waals surface area contributed by atoms with Crippen molar-refractivity contribution in [2.24, 2.45) is 10.7 Å². The Balaban J connectivity index is 1.67. The average Bonchev–Trinajstić information content (AvgIpc) is 2.74. The number of Topliss-reactive ketones (excluding diaryl/α,β-unsaturated/α-hetero) is 1. The van der Waals surface area contributed by atoms with Gasteiger partial charge in [-0.3, -0.25) is 24.7 Å². The standard InChI is InChI=1S/C20H21N5O3S/c21-18-15(17(29)16(26)19(22)27)10-14(11-23-18)20(28)25-8-6-24(7-9-25)12-13-4-2-1-3-5-13/h1-5,10-11,21,29H,6-9,12H2,(H2,22,27)/b17-15-,21-18?. The zero-order valence-electron chi connectivity index (χ0n) is 15.7. The lowest BCUT2D eigenvalue weighted by Gasteiger charge is -2.35. The van der Waals surface area contributed by atoms with E-state index in [4.69, 9.17) is 11.1 Å². The number of hydrogen-bond donors (Lipinski definition) is 3. The molecule has 2 heterocycles. The van der Waals surface area contributed by atoms with Crippen LogP contribution in [0.3, 0.4) is 0 Å². The number of aliphatic imine (C=N–C) groups is 1. The van der Waals surface area contributed by atoms with E-state index >= 15 is 0 Å². The Morgan fingerprint density at radius 3 is 2.38 bits per heavy atom. The molecule has 1 fully saturated rings. The molecule has 0 aromatic heterocycles. The molecule has 2 aliphatic heterocycles. The molecule has 1 aromatic carbocycles. The van der Waals surface area contributed by atoms with E-state index in [1.54, 1.807) is 4.90 Å². The van der Waals surface area contributed by atoms with E-state index in [1.165, 1.54) is 17.9 Å². The zero-order valence-corrected chi connectivity index (χ0v) is 16.6. The van der Waals surface area contributed by atoms with Crippen molar-refractivity contribution in [3.63, 3.8) is 0 Å². The summed E-state index contributed by atoms with van der Waals surface area (Å²) in [6.07, 6.45) is 2.65. The van der Waals surface area contributed by atoms with Crippen LogP contribution in [0.1, 0.15) is 5.56 Å². The second-order valence-corrected chi connectivity index (χ2v) is 7.16. The van der Waals surface area contributed by atoms with Gasteiger partial charge in [-0.15, -0.1) is 12.6 Å². The third kappa shape index (κ3) is 4.87. The molecule has 9 heteroatoms. The minimum Gasteiger partial charge on any atom is -0.363 e. The fourth-order valence-corrected chi connectivity index (χ4v) is 3.42. The first-order valence-corrected chi connectivity index (χ1v) is 9.49. The monoisotopic (exact) mass is 411 g/mol. The summed E-state index contributed by atoms with van der Waals surface area (Å²) in [6.45, 7) is 3.42. The maximum atomic E-state index is 12.8. The minimum absolute atomic E-state index is 0.00527. The van der Waals surface area contributed by atoms with Crippen molar-refractivity contribution in [2.45, 2.75) is 6.54 Å². The van der Waals surface area contributed by atoms with E-state index in [-0.39, 0.29) is 27.8 Å². The highest BCUT2D eigenvalue weighted by Crippen LogP contribution is 2.20. The Morgan fingerprint density at radius 2 is 1.76 bits per heavy atom. The van der Waals surface area contributed by atoms with E-state index in [0.29, 0.717) is 13.1 Å². The van der Waals surface area contributed by atoms with Crippen molar-refractivity contribution >= 4 is 42.3 Å². The molecule has 0 aliphatic carbocycles. The highest BCUT2D eigenvalue weighted by molar-refractivity contribution is 7.86. The Labute approximate surface area is 173 Å². The summed E-state index contributed by atoms with van der Waals surface area (Å²) in [5, 5.41) is 7.83. The summed E-state index contributed by atoms with van der Waals surface area (Å²) in [7, 11) is 0. The number of primary amides is 1. The van der Waals surface area contributed by atoms with Crippen molar-refractivity contribution < 1.29 is 14.4 Å². The first kappa shape index (κ1) is 20.7. The maximum Gasteiger partial charge on any atom is 0.290 e. The lowest BCUT2D eigenvalue weighted by molar-refractivity contribution is -0.133. The van der Waals surface area contributed by atoms with Crippen LogP contribution >= 0.6 is 12.6 Å². The van der Waals surface area contributed by atoms with E-state index in [2.05, 4.69) is 34.7 Å². The van der Waals surface area contributed by atoms with E-state index in [9.17, 15) is 14.4 Å².